The summed E-state index contributed by atoms with van der Waals surface area (Å²) in [5, 5.41) is 12.2. The highest BCUT2D eigenvalue weighted by atomic mass is 35.5. The first-order valence-corrected chi connectivity index (χ1v) is 4.80. The molecular weight excluding hydrogens is 202 g/mol. The standard InChI is InChI=1S/C10H12ClNO2/c1-2-6-12-8-5-3-4-7(11)9(8)10(13)14/h3-5,12H,2,6H2,1H3,(H,13,14). The lowest BCUT2D eigenvalue weighted by molar-refractivity contribution is 0.0698. The summed E-state index contributed by atoms with van der Waals surface area (Å²) in [5.41, 5.74) is 0.717. The third kappa shape index (κ3) is 2.39. The summed E-state index contributed by atoms with van der Waals surface area (Å²) in [5.74, 6) is -1.01. The quantitative estimate of drug-likeness (QED) is 0.809. The molecule has 14 heavy (non-hydrogen) atoms. The zero-order valence-corrected chi connectivity index (χ0v) is 8.64. The molecule has 4 heteroatoms. The minimum absolute atomic E-state index is 0.141. The third-order valence-electron chi connectivity index (χ3n) is 1.79. The molecule has 1 rings (SSSR count). The molecule has 76 valence electrons. The number of nitrogens with one attached hydrogen (secondary N) is 1. The molecule has 0 unspecified atom stereocenters. The number of halogens is 1. The lowest BCUT2D eigenvalue weighted by Gasteiger charge is -2.09. The Morgan fingerprint density at radius 1 is 1.57 bits per heavy atom. The second-order valence-corrected chi connectivity index (χ2v) is 3.30. The molecule has 1 aromatic carbocycles. The van der Waals surface area contributed by atoms with Crippen LogP contribution in [0.2, 0.25) is 5.02 Å². The fourth-order valence-corrected chi connectivity index (χ4v) is 1.40. The van der Waals surface area contributed by atoms with Crippen molar-refractivity contribution >= 4 is 23.3 Å². The van der Waals surface area contributed by atoms with Crippen LogP contribution < -0.4 is 5.32 Å². The molecule has 0 aliphatic rings. The van der Waals surface area contributed by atoms with Gasteiger partial charge in [0.05, 0.1) is 10.7 Å². The first-order chi connectivity index (χ1) is 6.66. The van der Waals surface area contributed by atoms with Crippen LogP contribution >= 0.6 is 11.6 Å². The number of carboxylic acid groups (broad SMARTS) is 1. The second-order valence-electron chi connectivity index (χ2n) is 2.89. The average molecular weight is 214 g/mol. The molecule has 0 radical (unpaired) electrons. The Morgan fingerprint density at radius 3 is 2.86 bits per heavy atom. The van der Waals surface area contributed by atoms with Gasteiger partial charge in [0, 0.05) is 6.54 Å². The van der Waals surface area contributed by atoms with E-state index >= 15 is 0 Å². The van der Waals surface area contributed by atoms with Crippen molar-refractivity contribution in [1.29, 1.82) is 0 Å². The number of aromatic carboxylic acids is 1. The van der Waals surface area contributed by atoms with Crippen LogP contribution in [-0.4, -0.2) is 17.6 Å². The predicted molar refractivity (Wildman–Crippen MR) is 57.2 cm³/mol. The lowest BCUT2D eigenvalue weighted by Crippen LogP contribution is -2.07. The van der Waals surface area contributed by atoms with Crippen molar-refractivity contribution in [1.82, 2.24) is 0 Å². The molecule has 0 fully saturated rings. The number of rotatable bonds is 4. The van der Waals surface area contributed by atoms with Gasteiger partial charge in [0.1, 0.15) is 5.56 Å². The number of hydrogen-bond donors (Lipinski definition) is 2. The van der Waals surface area contributed by atoms with E-state index in [2.05, 4.69) is 5.32 Å². The summed E-state index contributed by atoms with van der Waals surface area (Å²) in [6.45, 7) is 2.75. The predicted octanol–water partition coefficient (Wildman–Crippen LogP) is 2.86. The van der Waals surface area contributed by atoms with Crippen LogP contribution in [-0.2, 0) is 0 Å². The smallest absolute Gasteiger partial charge is 0.339 e. The highest BCUT2D eigenvalue weighted by Gasteiger charge is 2.13. The van der Waals surface area contributed by atoms with Crippen molar-refractivity contribution in [3.05, 3.63) is 28.8 Å². The highest BCUT2D eigenvalue weighted by Crippen LogP contribution is 2.24. The first-order valence-electron chi connectivity index (χ1n) is 4.42. The number of hydrogen-bond acceptors (Lipinski definition) is 2. The molecule has 0 aliphatic carbocycles. The van der Waals surface area contributed by atoms with Crippen molar-refractivity contribution in [3.63, 3.8) is 0 Å². The van der Waals surface area contributed by atoms with Gasteiger partial charge in [-0.2, -0.15) is 0 Å². The summed E-state index contributed by atoms with van der Waals surface area (Å²) < 4.78 is 0. The van der Waals surface area contributed by atoms with Gasteiger partial charge in [-0.15, -0.1) is 0 Å². The largest absolute Gasteiger partial charge is 0.478 e. The number of anilines is 1. The van der Waals surface area contributed by atoms with Gasteiger partial charge >= 0.3 is 5.97 Å². The molecule has 0 amide bonds. The maximum atomic E-state index is 10.9. The third-order valence-corrected chi connectivity index (χ3v) is 2.11. The van der Waals surface area contributed by atoms with E-state index in [4.69, 9.17) is 16.7 Å². The monoisotopic (exact) mass is 213 g/mol. The molecular formula is C10H12ClNO2. The van der Waals surface area contributed by atoms with Crippen LogP contribution in [0.5, 0.6) is 0 Å². The zero-order chi connectivity index (χ0) is 10.6. The van der Waals surface area contributed by atoms with E-state index in [1.807, 2.05) is 6.92 Å². The Labute approximate surface area is 87.7 Å². The van der Waals surface area contributed by atoms with Crippen molar-refractivity contribution in [3.8, 4) is 0 Å². The van der Waals surface area contributed by atoms with Gasteiger partial charge in [-0.1, -0.05) is 24.6 Å². The minimum atomic E-state index is -1.01. The maximum absolute atomic E-state index is 10.9. The minimum Gasteiger partial charge on any atom is -0.478 e. The number of benzene rings is 1. The van der Waals surface area contributed by atoms with E-state index in [1.54, 1.807) is 18.2 Å². The Kier molecular flexibility index (Phi) is 3.77. The van der Waals surface area contributed by atoms with Gasteiger partial charge in [-0.05, 0) is 18.6 Å². The molecule has 3 nitrogen and oxygen atoms in total. The topological polar surface area (TPSA) is 49.3 Å². The van der Waals surface area contributed by atoms with Crippen LogP contribution in [0.1, 0.15) is 23.7 Å². The molecule has 0 bridgehead atoms. The Bertz CT molecular complexity index is 339. The average Bonchev–Trinajstić information content (AvgIpc) is 2.14. The molecule has 1 aromatic rings. The molecule has 2 N–H and O–H groups in total. The summed E-state index contributed by atoms with van der Waals surface area (Å²) in [6.07, 6.45) is 0.936. The Hall–Kier alpha value is -1.22. The lowest BCUT2D eigenvalue weighted by atomic mass is 10.1. The highest BCUT2D eigenvalue weighted by molar-refractivity contribution is 6.34. The summed E-state index contributed by atoms with van der Waals surface area (Å²) in [7, 11) is 0. The van der Waals surface area contributed by atoms with Crippen molar-refractivity contribution in [2.75, 3.05) is 11.9 Å². The van der Waals surface area contributed by atoms with Crippen molar-refractivity contribution in [2.24, 2.45) is 0 Å². The fourth-order valence-electron chi connectivity index (χ4n) is 1.15. The first kappa shape index (κ1) is 10.9. The molecule has 0 saturated heterocycles. The van der Waals surface area contributed by atoms with Gasteiger partial charge < -0.3 is 10.4 Å². The molecule has 0 aromatic heterocycles. The SMILES string of the molecule is CCCNc1cccc(Cl)c1C(=O)O. The van der Waals surface area contributed by atoms with E-state index in [0.29, 0.717) is 5.69 Å². The van der Waals surface area contributed by atoms with E-state index < -0.39 is 5.97 Å². The van der Waals surface area contributed by atoms with Gasteiger partial charge in [-0.25, -0.2) is 4.79 Å². The Morgan fingerprint density at radius 2 is 2.29 bits per heavy atom. The van der Waals surface area contributed by atoms with Crippen LogP contribution in [0.25, 0.3) is 0 Å². The van der Waals surface area contributed by atoms with E-state index in [1.165, 1.54) is 0 Å². The summed E-state index contributed by atoms with van der Waals surface area (Å²) in [4.78, 5) is 10.9. The zero-order valence-electron chi connectivity index (χ0n) is 7.88. The van der Waals surface area contributed by atoms with Gasteiger partial charge in [0.25, 0.3) is 0 Å². The number of carboxylic acids is 1. The normalized spacial score (nSPS) is 9.86. The van der Waals surface area contributed by atoms with Crippen LogP contribution in [0.4, 0.5) is 5.69 Å². The van der Waals surface area contributed by atoms with Gasteiger partial charge in [0.2, 0.25) is 0 Å². The van der Waals surface area contributed by atoms with Crippen molar-refractivity contribution in [2.45, 2.75) is 13.3 Å². The maximum Gasteiger partial charge on any atom is 0.339 e. The Balaban J connectivity index is 3.02. The molecule has 0 aliphatic heterocycles. The molecule has 0 heterocycles. The second kappa shape index (κ2) is 4.86. The van der Waals surface area contributed by atoms with Crippen LogP contribution in [0.3, 0.4) is 0 Å². The fraction of sp³-hybridized carbons (Fsp3) is 0.300. The van der Waals surface area contributed by atoms with E-state index in [0.717, 1.165) is 13.0 Å². The van der Waals surface area contributed by atoms with Crippen molar-refractivity contribution < 1.29 is 9.90 Å². The van der Waals surface area contributed by atoms with Gasteiger partial charge in [-0.3, -0.25) is 0 Å². The number of carbonyl (C=O) groups is 1. The van der Waals surface area contributed by atoms with E-state index in [9.17, 15) is 4.79 Å². The van der Waals surface area contributed by atoms with E-state index in [-0.39, 0.29) is 10.6 Å². The molecule has 0 atom stereocenters. The van der Waals surface area contributed by atoms with Crippen LogP contribution in [0.15, 0.2) is 18.2 Å². The van der Waals surface area contributed by atoms with Gasteiger partial charge in [0.15, 0.2) is 0 Å². The summed E-state index contributed by atoms with van der Waals surface area (Å²) >= 11 is 5.78. The molecule has 0 spiro atoms. The summed E-state index contributed by atoms with van der Waals surface area (Å²) in [6, 6.07) is 5.01. The molecule has 0 saturated carbocycles. The van der Waals surface area contributed by atoms with Crippen LogP contribution in [0, 0.1) is 0 Å².